The molecule has 5 nitrogen and oxygen atoms in total. The quantitative estimate of drug-likeness (QED) is 0.389. The molecule has 0 spiro atoms. The molecule has 0 fully saturated rings. The molecule has 138 valence electrons. The first-order valence-electron chi connectivity index (χ1n) is 7.12. The van der Waals surface area contributed by atoms with E-state index in [1.54, 1.807) is 0 Å². The monoisotopic (exact) mass is 434 g/mol. The summed E-state index contributed by atoms with van der Waals surface area (Å²) in [5.41, 5.74) is -1.09. The van der Waals surface area contributed by atoms with E-state index < -0.39 is 47.2 Å². The number of nitro benzene ring substituents is 1. The van der Waals surface area contributed by atoms with Gasteiger partial charge in [-0.3, -0.25) is 14.9 Å². The maximum atomic E-state index is 13.9. The predicted octanol–water partition coefficient (Wildman–Crippen LogP) is 4.70. The molecule has 0 unspecified atom stereocenters. The second-order valence-corrected chi connectivity index (χ2v) is 6.20. The number of hydrogen-bond acceptors (Lipinski definition) is 3. The van der Waals surface area contributed by atoms with Gasteiger partial charge >= 0.3 is 6.18 Å². The Hall–Kier alpha value is -2.49. The Morgan fingerprint density at radius 3 is 2.46 bits per heavy atom. The molecule has 0 radical (unpaired) electrons. The third kappa shape index (κ3) is 5.01. The molecule has 0 aliphatic heterocycles. The Labute approximate surface area is 153 Å². The van der Waals surface area contributed by atoms with Gasteiger partial charge in [0.2, 0.25) is 0 Å². The summed E-state index contributed by atoms with van der Waals surface area (Å²) < 4.78 is 52.9. The minimum absolute atomic E-state index is 0.0921. The van der Waals surface area contributed by atoms with E-state index in [1.807, 2.05) is 0 Å². The standard InChI is InChI=1S/C16H11BrF4N2O3/c17-11-5-6-13(18)12(7-11)15(24)22(9-16(19,20)21)8-10-3-1-2-4-14(10)23(25)26/h1-7H,8-9H2. The Morgan fingerprint density at radius 1 is 1.19 bits per heavy atom. The van der Waals surface area contributed by atoms with Crippen LogP contribution >= 0.6 is 15.9 Å². The third-order valence-corrected chi connectivity index (χ3v) is 3.86. The first kappa shape index (κ1) is 19.8. The van der Waals surface area contributed by atoms with Gasteiger partial charge in [-0.25, -0.2) is 4.39 Å². The van der Waals surface area contributed by atoms with E-state index in [4.69, 9.17) is 0 Å². The Kier molecular flexibility index (Phi) is 5.96. The van der Waals surface area contributed by atoms with Crippen molar-refractivity contribution in [3.8, 4) is 0 Å². The highest BCUT2D eigenvalue weighted by molar-refractivity contribution is 9.10. The average Bonchev–Trinajstić information content (AvgIpc) is 2.55. The number of alkyl halides is 3. The Balaban J connectivity index is 2.43. The van der Waals surface area contributed by atoms with Crippen LogP contribution in [0.1, 0.15) is 15.9 Å². The Bertz CT molecular complexity index is 842. The van der Waals surface area contributed by atoms with Crippen LogP contribution in [-0.4, -0.2) is 28.5 Å². The normalized spacial score (nSPS) is 11.3. The summed E-state index contributed by atoms with van der Waals surface area (Å²) in [4.78, 5) is 23.1. The first-order chi connectivity index (χ1) is 12.1. The van der Waals surface area contributed by atoms with Crippen LogP contribution < -0.4 is 0 Å². The fraction of sp³-hybridized carbons (Fsp3) is 0.188. The van der Waals surface area contributed by atoms with Crippen LogP contribution in [-0.2, 0) is 6.54 Å². The molecule has 0 heterocycles. The molecule has 0 saturated carbocycles. The van der Waals surface area contributed by atoms with Crippen LogP contribution in [0, 0.1) is 15.9 Å². The summed E-state index contributed by atoms with van der Waals surface area (Å²) in [6, 6.07) is 8.40. The molecule has 0 aromatic heterocycles. The van der Waals surface area contributed by atoms with Crippen LogP contribution in [0.4, 0.5) is 23.2 Å². The van der Waals surface area contributed by atoms with E-state index in [2.05, 4.69) is 15.9 Å². The Morgan fingerprint density at radius 2 is 1.85 bits per heavy atom. The first-order valence-corrected chi connectivity index (χ1v) is 7.91. The van der Waals surface area contributed by atoms with Crippen LogP contribution in [0.25, 0.3) is 0 Å². The largest absolute Gasteiger partial charge is 0.406 e. The second-order valence-electron chi connectivity index (χ2n) is 5.29. The van der Waals surface area contributed by atoms with E-state index in [9.17, 15) is 32.5 Å². The van der Waals surface area contributed by atoms with Gasteiger partial charge in [-0.15, -0.1) is 0 Å². The molecule has 2 rings (SSSR count). The van der Waals surface area contributed by atoms with Crippen LogP contribution in [0.2, 0.25) is 0 Å². The fourth-order valence-electron chi connectivity index (χ4n) is 2.28. The number of para-hydroxylation sites is 1. The van der Waals surface area contributed by atoms with Crippen molar-refractivity contribution in [3.63, 3.8) is 0 Å². The summed E-state index contributed by atoms with van der Waals surface area (Å²) in [5.74, 6) is -2.22. The highest BCUT2D eigenvalue weighted by atomic mass is 79.9. The molecule has 0 atom stereocenters. The topological polar surface area (TPSA) is 63.5 Å². The SMILES string of the molecule is O=C(c1cc(Br)ccc1F)N(Cc1ccccc1[N+](=O)[O-])CC(F)(F)F. The zero-order valence-corrected chi connectivity index (χ0v) is 14.6. The van der Waals surface area contributed by atoms with Gasteiger partial charge < -0.3 is 4.90 Å². The van der Waals surface area contributed by atoms with E-state index in [1.165, 1.54) is 24.3 Å². The molecule has 2 aromatic rings. The third-order valence-electron chi connectivity index (χ3n) is 3.37. The van der Waals surface area contributed by atoms with Crippen LogP contribution in [0.15, 0.2) is 46.9 Å². The van der Waals surface area contributed by atoms with Gasteiger partial charge in [-0.05, 0) is 18.2 Å². The molecule has 10 heteroatoms. The maximum absolute atomic E-state index is 13.9. The smallest absolute Gasteiger partial charge is 0.325 e. The van der Waals surface area contributed by atoms with E-state index in [0.717, 1.165) is 18.2 Å². The molecule has 0 aliphatic rings. The zero-order chi connectivity index (χ0) is 19.5. The number of carbonyl (C=O) groups excluding carboxylic acids is 1. The molecular weight excluding hydrogens is 424 g/mol. The van der Waals surface area contributed by atoms with E-state index in [-0.39, 0.29) is 5.56 Å². The molecule has 0 bridgehead atoms. The number of carbonyl (C=O) groups is 1. The summed E-state index contributed by atoms with van der Waals surface area (Å²) in [5, 5.41) is 11.0. The minimum Gasteiger partial charge on any atom is -0.325 e. The zero-order valence-electron chi connectivity index (χ0n) is 13.0. The summed E-state index contributed by atoms with van der Waals surface area (Å²) in [6.45, 7) is -2.37. The lowest BCUT2D eigenvalue weighted by molar-refractivity contribution is -0.385. The number of halogens is 5. The van der Waals surface area contributed by atoms with Crippen molar-refractivity contribution in [1.82, 2.24) is 4.90 Å². The van der Waals surface area contributed by atoms with Crippen molar-refractivity contribution in [2.24, 2.45) is 0 Å². The molecule has 26 heavy (non-hydrogen) atoms. The summed E-state index contributed by atoms with van der Waals surface area (Å²) in [7, 11) is 0. The molecule has 2 aromatic carbocycles. The highest BCUT2D eigenvalue weighted by Gasteiger charge is 2.35. The van der Waals surface area contributed by atoms with Gasteiger partial charge in [0.25, 0.3) is 11.6 Å². The minimum atomic E-state index is -4.76. The van der Waals surface area contributed by atoms with Crippen LogP contribution in [0.5, 0.6) is 0 Å². The number of nitrogens with zero attached hydrogens (tertiary/aromatic N) is 2. The van der Waals surface area contributed by atoms with Gasteiger partial charge in [-0.2, -0.15) is 13.2 Å². The number of benzene rings is 2. The van der Waals surface area contributed by atoms with E-state index >= 15 is 0 Å². The van der Waals surface area contributed by atoms with Crippen molar-refractivity contribution in [2.45, 2.75) is 12.7 Å². The summed E-state index contributed by atoms with van der Waals surface area (Å²) >= 11 is 3.02. The molecule has 0 aliphatic carbocycles. The maximum Gasteiger partial charge on any atom is 0.406 e. The molecular formula is C16H11BrF4N2O3. The van der Waals surface area contributed by atoms with Gasteiger partial charge in [-0.1, -0.05) is 34.1 Å². The van der Waals surface area contributed by atoms with Crippen molar-refractivity contribution in [2.75, 3.05) is 6.54 Å². The number of hydrogen-bond donors (Lipinski definition) is 0. The lowest BCUT2D eigenvalue weighted by atomic mass is 10.1. The fourth-order valence-corrected chi connectivity index (χ4v) is 2.64. The van der Waals surface area contributed by atoms with Gasteiger partial charge in [0.05, 0.1) is 17.0 Å². The average molecular weight is 435 g/mol. The lowest BCUT2D eigenvalue weighted by Gasteiger charge is -2.24. The van der Waals surface area contributed by atoms with Gasteiger partial charge in [0, 0.05) is 16.1 Å². The number of nitro groups is 1. The van der Waals surface area contributed by atoms with Crippen molar-refractivity contribution in [3.05, 3.63) is 74.0 Å². The van der Waals surface area contributed by atoms with Crippen molar-refractivity contribution < 1.29 is 27.3 Å². The lowest BCUT2D eigenvalue weighted by Crippen LogP contribution is -2.39. The van der Waals surface area contributed by atoms with Crippen molar-refractivity contribution in [1.29, 1.82) is 0 Å². The predicted molar refractivity (Wildman–Crippen MR) is 88.0 cm³/mol. The second kappa shape index (κ2) is 7.81. The summed E-state index contributed by atoms with van der Waals surface area (Å²) in [6.07, 6.45) is -4.76. The molecule has 1 amide bonds. The van der Waals surface area contributed by atoms with Crippen LogP contribution in [0.3, 0.4) is 0 Å². The molecule has 0 saturated heterocycles. The van der Waals surface area contributed by atoms with E-state index in [0.29, 0.717) is 9.37 Å². The highest BCUT2D eigenvalue weighted by Crippen LogP contribution is 2.25. The van der Waals surface area contributed by atoms with Crippen molar-refractivity contribution >= 4 is 27.5 Å². The van der Waals surface area contributed by atoms with Gasteiger partial charge in [0.1, 0.15) is 12.4 Å². The van der Waals surface area contributed by atoms with Gasteiger partial charge in [0.15, 0.2) is 0 Å². The molecule has 0 N–H and O–H groups in total. The number of rotatable bonds is 5. The number of amides is 1.